The molecule has 0 aliphatic carbocycles. The molecule has 0 amide bonds. The van der Waals surface area contributed by atoms with Crippen LogP contribution >= 0.6 is 0 Å². The van der Waals surface area contributed by atoms with Gasteiger partial charge in [0.1, 0.15) is 11.2 Å². The van der Waals surface area contributed by atoms with Gasteiger partial charge in [0, 0.05) is 27.9 Å². The first-order chi connectivity index (χ1) is 26.2. The Morgan fingerprint density at radius 1 is 0.509 bits per heavy atom. The topological polar surface area (TPSA) is 53.5 Å². The molecule has 0 bridgehead atoms. The summed E-state index contributed by atoms with van der Waals surface area (Å²) >= 11 is 0. The fourth-order valence-electron chi connectivity index (χ4n) is 7.02. The van der Waals surface area contributed by atoms with E-state index in [1.165, 1.54) is 21.5 Å². The minimum atomic E-state index is 0.410. The highest BCUT2D eigenvalue weighted by Crippen LogP contribution is 2.44. The highest BCUT2D eigenvalue weighted by Gasteiger charge is 2.20. The molecule has 5 heteroatoms. The highest BCUT2D eigenvalue weighted by molar-refractivity contribution is 6.14. The first-order valence-electron chi connectivity index (χ1n) is 17.6. The quantitative estimate of drug-likeness (QED) is 0.124. The van der Waals surface area contributed by atoms with Crippen molar-refractivity contribution in [2.45, 2.75) is 6.54 Å². The Morgan fingerprint density at radius 2 is 1.09 bits per heavy atom. The van der Waals surface area contributed by atoms with Gasteiger partial charge in [0.25, 0.3) is 0 Å². The van der Waals surface area contributed by atoms with Crippen molar-refractivity contribution in [3.8, 4) is 0 Å². The largest absolute Gasteiger partial charge is 0.456 e. The van der Waals surface area contributed by atoms with Crippen LogP contribution in [0.3, 0.4) is 0 Å². The number of aliphatic imine (C=N–C) groups is 3. The zero-order valence-electron chi connectivity index (χ0n) is 28.9. The maximum absolute atomic E-state index is 6.60. The van der Waals surface area contributed by atoms with Crippen LogP contribution in [0.5, 0.6) is 0 Å². The maximum atomic E-state index is 6.60. The van der Waals surface area contributed by atoms with Gasteiger partial charge in [0.05, 0.1) is 17.6 Å². The van der Waals surface area contributed by atoms with Crippen molar-refractivity contribution < 1.29 is 4.42 Å². The van der Waals surface area contributed by atoms with Gasteiger partial charge in [0.15, 0.2) is 11.7 Å². The Bertz CT molecular complexity index is 2760. The predicted molar refractivity (Wildman–Crippen MR) is 223 cm³/mol. The molecule has 0 N–H and O–H groups in total. The Hall–Kier alpha value is -7.11. The summed E-state index contributed by atoms with van der Waals surface area (Å²) < 4.78 is 6.60. The molecule has 8 aromatic carbocycles. The van der Waals surface area contributed by atoms with Crippen LogP contribution in [-0.4, -0.2) is 18.4 Å². The van der Waals surface area contributed by atoms with E-state index in [0.717, 1.165) is 55.7 Å². The number of rotatable bonds is 7. The second-order valence-electron chi connectivity index (χ2n) is 12.9. The summed E-state index contributed by atoms with van der Waals surface area (Å²) in [6.07, 6.45) is 0. The molecule has 0 saturated heterocycles. The van der Waals surface area contributed by atoms with E-state index < -0.39 is 0 Å². The predicted octanol–water partition coefficient (Wildman–Crippen LogP) is 12.5. The molecule has 0 unspecified atom stereocenters. The lowest BCUT2D eigenvalue weighted by molar-refractivity contribution is 0.668. The molecule has 0 saturated carbocycles. The van der Waals surface area contributed by atoms with Gasteiger partial charge in [-0.1, -0.05) is 140 Å². The van der Waals surface area contributed by atoms with E-state index in [-0.39, 0.29) is 0 Å². The average Bonchev–Trinajstić information content (AvgIpc) is 3.60. The third kappa shape index (κ3) is 6.26. The first-order valence-corrected chi connectivity index (χ1v) is 17.6. The van der Waals surface area contributed by atoms with Gasteiger partial charge < -0.3 is 9.32 Å². The number of fused-ring (bicyclic) bond motifs is 5. The van der Waals surface area contributed by atoms with Gasteiger partial charge in [-0.15, -0.1) is 0 Å². The first kappa shape index (κ1) is 31.8. The van der Waals surface area contributed by atoms with E-state index >= 15 is 0 Å². The van der Waals surface area contributed by atoms with Gasteiger partial charge in [-0.3, -0.25) is 4.99 Å². The summed E-state index contributed by atoms with van der Waals surface area (Å²) in [6, 6.07) is 62.8. The normalized spacial score (nSPS) is 12.2. The molecule has 252 valence electrons. The Labute approximate surface area is 307 Å². The molecule has 53 heavy (non-hydrogen) atoms. The van der Waals surface area contributed by atoms with Crippen molar-refractivity contribution in [2.75, 3.05) is 4.90 Å². The van der Waals surface area contributed by atoms with Crippen molar-refractivity contribution >= 4 is 78.9 Å². The third-order valence-corrected chi connectivity index (χ3v) is 9.60. The van der Waals surface area contributed by atoms with E-state index in [0.29, 0.717) is 18.2 Å². The van der Waals surface area contributed by atoms with Crippen LogP contribution in [-0.2, 0) is 6.54 Å². The van der Waals surface area contributed by atoms with Crippen LogP contribution in [0.2, 0.25) is 0 Å². The minimum absolute atomic E-state index is 0.410. The van der Waals surface area contributed by atoms with Crippen LogP contribution in [0.15, 0.2) is 201 Å². The molecule has 0 aliphatic rings. The highest BCUT2D eigenvalue weighted by atomic mass is 16.3. The summed E-state index contributed by atoms with van der Waals surface area (Å²) in [5.41, 5.74) is 7.62. The van der Waals surface area contributed by atoms with Crippen molar-refractivity contribution in [1.29, 1.82) is 0 Å². The van der Waals surface area contributed by atoms with Crippen molar-refractivity contribution in [3.63, 3.8) is 0 Å². The molecule has 9 rings (SSSR count). The zero-order chi connectivity index (χ0) is 35.6. The van der Waals surface area contributed by atoms with Gasteiger partial charge in [-0.25, -0.2) is 9.98 Å². The van der Waals surface area contributed by atoms with Gasteiger partial charge >= 0.3 is 0 Å². The van der Waals surface area contributed by atoms with Crippen LogP contribution in [0.4, 0.5) is 17.1 Å². The Kier molecular flexibility index (Phi) is 8.35. The van der Waals surface area contributed by atoms with E-state index in [2.05, 4.69) is 132 Å². The number of benzene rings is 8. The molecule has 0 spiro atoms. The minimum Gasteiger partial charge on any atom is -0.456 e. The molecule has 0 radical (unpaired) electrons. The standard InChI is InChI=1S/C48H34N4O/c1-49-47(36-15-4-2-5-16-36)51-48(37-17-6-3-7-18-37)50-32-33-23-28-42-45(29-33)53-44-22-12-21-43(46(42)44)52(40-26-24-34-13-8-10-19-38(34)30-40)41-27-25-35-14-9-11-20-39(35)31-41/h2-31H,1,32H2. The fourth-order valence-corrected chi connectivity index (χ4v) is 7.02. The molecule has 9 aromatic rings. The number of anilines is 3. The molecular weight excluding hydrogens is 649 g/mol. The van der Waals surface area contributed by atoms with E-state index in [4.69, 9.17) is 14.4 Å². The van der Waals surface area contributed by atoms with Gasteiger partial charge in [-0.2, -0.15) is 0 Å². The monoisotopic (exact) mass is 682 g/mol. The molecule has 0 fully saturated rings. The van der Waals surface area contributed by atoms with E-state index in [1.54, 1.807) is 0 Å². The smallest absolute Gasteiger partial charge is 0.161 e. The second-order valence-corrected chi connectivity index (χ2v) is 12.9. The zero-order valence-corrected chi connectivity index (χ0v) is 28.9. The molecule has 0 atom stereocenters. The summed E-state index contributed by atoms with van der Waals surface area (Å²) in [4.78, 5) is 16.5. The van der Waals surface area contributed by atoms with Crippen molar-refractivity contribution in [1.82, 2.24) is 0 Å². The molecule has 1 aromatic heterocycles. The van der Waals surface area contributed by atoms with Crippen LogP contribution in [0.25, 0.3) is 43.5 Å². The Balaban J connectivity index is 1.15. The number of furan rings is 1. The van der Waals surface area contributed by atoms with Gasteiger partial charge in [0.2, 0.25) is 0 Å². The van der Waals surface area contributed by atoms with Crippen LogP contribution in [0.1, 0.15) is 16.7 Å². The summed E-state index contributed by atoms with van der Waals surface area (Å²) in [5.74, 6) is 1.11. The Morgan fingerprint density at radius 3 is 1.72 bits per heavy atom. The summed E-state index contributed by atoms with van der Waals surface area (Å²) in [5, 5.41) is 6.87. The molecule has 0 aliphatic heterocycles. The lowest BCUT2D eigenvalue weighted by Crippen LogP contribution is -2.10. The SMILES string of the molecule is C=NC(=NC(=NCc1ccc2c(c1)oc1cccc(N(c3ccc4ccccc4c3)c3ccc4ccccc4c3)c12)c1ccccc1)c1ccccc1. The maximum Gasteiger partial charge on any atom is 0.161 e. The number of amidine groups is 2. The van der Waals surface area contributed by atoms with Gasteiger partial charge in [-0.05, 0) is 76.3 Å². The summed E-state index contributed by atoms with van der Waals surface area (Å²) in [6.45, 7) is 4.20. The van der Waals surface area contributed by atoms with Crippen LogP contribution in [0, 0.1) is 0 Å². The average molecular weight is 683 g/mol. The second kappa shape index (κ2) is 13.9. The molecule has 1 heterocycles. The lowest BCUT2D eigenvalue weighted by Gasteiger charge is -2.27. The molecular formula is C48H34N4O. The number of hydrogen-bond acceptors (Lipinski definition) is 3. The lowest BCUT2D eigenvalue weighted by atomic mass is 10.0. The fraction of sp³-hybridized carbons (Fsp3) is 0.0208. The van der Waals surface area contributed by atoms with Crippen molar-refractivity contribution in [3.05, 3.63) is 199 Å². The molecule has 5 nitrogen and oxygen atoms in total. The number of nitrogens with zero attached hydrogens (tertiary/aromatic N) is 4. The third-order valence-electron chi connectivity index (χ3n) is 9.60. The van der Waals surface area contributed by atoms with Crippen molar-refractivity contribution in [2.24, 2.45) is 15.0 Å². The summed E-state index contributed by atoms with van der Waals surface area (Å²) in [7, 11) is 0. The van der Waals surface area contributed by atoms with E-state index in [9.17, 15) is 0 Å². The number of hydrogen-bond donors (Lipinski definition) is 0. The van der Waals surface area contributed by atoms with E-state index in [1.807, 2.05) is 66.7 Å². The van der Waals surface area contributed by atoms with Crippen LogP contribution < -0.4 is 4.90 Å².